The zero-order valence-electron chi connectivity index (χ0n) is 14.7. The van der Waals surface area contributed by atoms with Crippen LogP contribution >= 0.6 is 0 Å². The fraction of sp³-hybridized carbons (Fsp3) is 0.333. The lowest BCUT2D eigenvalue weighted by Gasteiger charge is -2.24. The van der Waals surface area contributed by atoms with E-state index in [1.807, 2.05) is 38.1 Å². The van der Waals surface area contributed by atoms with Gasteiger partial charge in [0.25, 0.3) is 0 Å². The third kappa shape index (κ3) is 5.56. The minimum Gasteiger partial charge on any atom is -0.352 e. The number of benzene rings is 1. The SMILES string of the molecule is Cc1ccc(N(CCC(=O)NCc2ccncc2)S(C)(=O)=O)c(C)c1. The van der Waals surface area contributed by atoms with Crippen molar-refractivity contribution >= 4 is 21.6 Å². The van der Waals surface area contributed by atoms with E-state index in [-0.39, 0.29) is 18.9 Å². The molecule has 7 heteroatoms. The number of aryl methyl sites for hydroxylation is 2. The molecule has 0 saturated carbocycles. The van der Waals surface area contributed by atoms with Gasteiger partial charge in [0.2, 0.25) is 15.9 Å². The van der Waals surface area contributed by atoms with Gasteiger partial charge in [-0.05, 0) is 43.2 Å². The van der Waals surface area contributed by atoms with Gasteiger partial charge in [-0.3, -0.25) is 14.1 Å². The van der Waals surface area contributed by atoms with Crippen LogP contribution in [0, 0.1) is 13.8 Å². The smallest absolute Gasteiger partial charge is 0.232 e. The lowest BCUT2D eigenvalue weighted by Crippen LogP contribution is -2.35. The van der Waals surface area contributed by atoms with Gasteiger partial charge in [-0.2, -0.15) is 0 Å². The van der Waals surface area contributed by atoms with Gasteiger partial charge in [0.15, 0.2) is 0 Å². The van der Waals surface area contributed by atoms with Crippen LogP contribution in [0.4, 0.5) is 5.69 Å². The van der Waals surface area contributed by atoms with Crippen LogP contribution in [-0.4, -0.2) is 32.1 Å². The molecule has 0 spiro atoms. The second-order valence-corrected chi connectivity index (χ2v) is 7.91. The van der Waals surface area contributed by atoms with E-state index in [9.17, 15) is 13.2 Å². The minimum absolute atomic E-state index is 0.0888. The zero-order chi connectivity index (χ0) is 18.4. The first-order valence-corrected chi connectivity index (χ1v) is 9.83. The molecule has 1 aromatic heterocycles. The van der Waals surface area contributed by atoms with Crippen LogP contribution in [0.2, 0.25) is 0 Å². The van der Waals surface area contributed by atoms with Crippen molar-refractivity contribution < 1.29 is 13.2 Å². The van der Waals surface area contributed by atoms with Crippen molar-refractivity contribution in [1.29, 1.82) is 0 Å². The van der Waals surface area contributed by atoms with Crippen molar-refractivity contribution in [2.75, 3.05) is 17.1 Å². The van der Waals surface area contributed by atoms with Gasteiger partial charge in [0.05, 0.1) is 11.9 Å². The average molecular weight is 361 g/mol. The molecule has 0 aliphatic rings. The van der Waals surface area contributed by atoms with Gasteiger partial charge in [0, 0.05) is 31.9 Å². The van der Waals surface area contributed by atoms with Gasteiger partial charge in [-0.25, -0.2) is 8.42 Å². The minimum atomic E-state index is -3.47. The molecule has 1 N–H and O–H groups in total. The molecule has 134 valence electrons. The number of nitrogens with one attached hydrogen (secondary N) is 1. The van der Waals surface area contributed by atoms with E-state index in [1.54, 1.807) is 18.5 Å². The highest BCUT2D eigenvalue weighted by atomic mass is 32.2. The van der Waals surface area contributed by atoms with Crippen molar-refractivity contribution in [3.05, 3.63) is 59.4 Å². The predicted molar refractivity (Wildman–Crippen MR) is 98.8 cm³/mol. The largest absolute Gasteiger partial charge is 0.352 e. The van der Waals surface area contributed by atoms with Gasteiger partial charge >= 0.3 is 0 Å². The molecule has 0 saturated heterocycles. The van der Waals surface area contributed by atoms with Crippen molar-refractivity contribution in [3.8, 4) is 0 Å². The molecule has 0 fully saturated rings. The Morgan fingerprint density at radius 2 is 1.84 bits per heavy atom. The molecule has 6 nitrogen and oxygen atoms in total. The van der Waals surface area contributed by atoms with Crippen molar-refractivity contribution in [3.63, 3.8) is 0 Å². The van der Waals surface area contributed by atoms with E-state index < -0.39 is 10.0 Å². The average Bonchev–Trinajstić information content (AvgIpc) is 2.54. The van der Waals surface area contributed by atoms with E-state index in [0.29, 0.717) is 12.2 Å². The Kier molecular flexibility index (Phi) is 6.14. The van der Waals surface area contributed by atoms with E-state index >= 15 is 0 Å². The number of hydrogen-bond donors (Lipinski definition) is 1. The monoisotopic (exact) mass is 361 g/mol. The summed E-state index contributed by atoms with van der Waals surface area (Å²) in [6.45, 7) is 4.31. The van der Waals surface area contributed by atoms with Gasteiger partial charge in [0.1, 0.15) is 0 Å². The predicted octanol–water partition coefficient (Wildman–Crippen LogP) is 2.17. The molecule has 0 radical (unpaired) electrons. The Hall–Kier alpha value is -2.41. The van der Waals surface area contributed by atoms with Crippen LogP contribution in [0.15, 0.2) is 42.7 Å². The quantitative estimate of drug-likeness (QED) is 0.820. The van der Waals surface area contributed by atoms with Gasteiger partial charge in [-0.15, -0.1) is 0 Å². The summed E-state index contributed by atoms with van der Waals surface area (Å²) < 4.78 is 25.6. The van der Waals surface area contributed by atoms with E-state index in [2.05, 4.69) is 10.3 Å². The van der Waals surface area contributed by atoms with Crippen LogP contribution in [-0.2, 0) is 21.4 Å². The summed E-state index contributed by atoms with van der Waals surface area (Å²) in [5.74, 6) is -0.199. The molecule has 25 heavy (non-hydrogen) atoms. The molecule has 2 rings (SSSR count). The second-order valence-electron chi connectivity index (χ2n) is 6.01. The molecule has 0 aliphatic carbocycles. The zero-order valence-corrected chi connectivity index (χ0v) is 15.5. The summed E-state index contributed by atoms with van der Waals surface area (Å²) in [5.41, 5.74) is 3.47. The number of aromatic nitrogens is 1. The highest BCUT2D eigenvalue weighted by molar-refractivity contribution is 7.92. The topological polar surface area (TPSA) is 79.4 Å². The summed E-state index contributed by atoms with van der Waals surface area (Å²) in [5, 5.41) is 2.79. The van der Waals surface area contributed by atoms with Crippen LogP contribution in [0.3, 0.4) is 0 Å². The number of hydrogen-bond acceptors (Lipinski definition) is 4. The summed E-state index contributed by atoms with van der Waals surface area (Å²) >= 11 is 0. The Balaban J connectivity index is 2.02. The number of nitrogens with zero attached hydrogens (tertiary/aromatic N) is 2. The summed E-state index contributed by atoms with van der Waals surface area (Å²) in [7, 11) is -3.47. The third-order valence-corrected chi connectivity index (χ3v) is 4.98. The van der Waals surface area contributed by atoms with E-state index in [4.69, 9.17) is 0 Å². The first kappa shape index (κ1) is 18.9. The fourth-order valence-corrected chi connectivity index (χ4v) is 3.53. The molecule has 0 unspecified atom stereocenters. The molecule has 1 amide bonds. The highest BCUT2D eigenvalue weighted by Crippen LogP contribution is 2.23. The molecular weight excluding hydrogens is 338 g/mol. The third-order valence-electron chi connectivity index (χ3n) is 3.80. The number of sulfonamides is 1. The molecule has 1 aromatic carbocycles. The van der Waals surface area contributed by atoms with Crippen LogP contribution in [0.1, 0.15) is 23.1 Å². The Labute approximate surface area is 148 Å². The van der Waals surface area contributed by atoms with Crippen molar-refractivity contribution in [2.24, 2.45) is 0 Å². The summed E-state index contributed by atoms with van der Waals surface area (Å²) in [6.07, 6.45) is 4.56. The Morgan fingerprint density at radius 3 is 2.44 bits per heavy atom. The van der Waals surface area contributed by atoms with E-state index in [1.165, 1.54) is 4.31 Å². The molecule has 2 aromatic rings. The first-order chi connectivity index (χ1) is 11.8. The number of carbonyl (C=O) groups is 1. The molecule has 1 heterocycles. The Bertz CT molecular complexity index is 836. The molecule has 0 bridgehead atoms. The van der Waals surface area contributed by atoms with Crippen LogP contribution in [0.5, 0.6) is 0 Å². The van der Waals surface area contributed by atoms with Crippen LogP contribution in [0.25, 0.3) is 0 Å². The standard InChI is InChI=1S/C18H23N3O3S/c1-14-4-5-17(15(2)12-14)21(25(3,23)24)11-8-18(22)20-13-16-6-9-19-10-7-16/h4-7,9-10,12H,8,11,13H2,1-3H3,(H,20,22). The molecular formula is C18H23N3O3S. The Morgan fingerprint density at radius 1 is 1.16 bits per heavy atom. The van der Waals surface area contributed by atoms with Crippen molar-refractivity contribution in [2.45, 2.75) is 26.8 Å². The highest BCUT2D eigenvalue weighted by Gasteiger charge is 2.20. The summed E-state index contributed by atoms with van der Waals surface area (Å²) in [6, 6.07) is 9.21. The van der Waals surface area contributed by atoms with Crippen LogP contribution < -0.4 is 9.62 Å². The number of amides is 1. The maximum atomic E-state index is 12.1. The first-order valence-electron chi connectivity index (χ1n) is 7.98. The normalized spacial score (nSPS) is 11.2. The summed E-state index contributed by atoms with van der Waals surface area (Å²) in [4.78, 5) is 16.0. The fourth-order valence-electron chi connectivity index (χ4n) is 2.54. The molecule has 0 atom stereocenters. The maximum Gasteiger partial charge on any atom is 0.232 e. The lowest BCUT2D eigenvalue weighted by molar-refractivity contribution is -0.121. The number of pyridine rings is 1. The van der Waals surface area contributed by atoms with Crippen molar-refractivity contribution in [1.82, 2.24) is 10.3 Å². The second kappa shape index (κ2) is 8.11. The molecule has 0 aliphatic heterocycles. The number of rotatable bonds is 7. The number of carbonyl (C=O) groups excluding carboxylic acids is 1. The van der Waals surface area contributed by atoms with Gasteiger partial charge in [-0.1, -0.05) is 17.7 Å². The van der Waals surface area contributed by atoms with Gasteiger partial charge < -0.3 is 5.32 Å². The van der Waals surface area contributed by atoms with E-state index in [0.717, 1.165) is 22.9 Å². The maximum absolute atomic E-state index is 12.1. The lowest BCUT2D eigenvalue weighted by atomic mass is 10.1. The number of anilines is 1.